The van der Waals surface area contributed by atoms with E-state index in [1.54, 1.807) is 24.5 Å². The molecular formula is C13H13ClN2O2. The number of halogens is 1. The second kappa shape index (κ2) is 4.46. The van der Waals surface area contributed by atoms with Crippen molar-refractivity contribution in [2.75, 3.05) is 0 Å². The van der Waals surface area contributed by atoms with Crippen molar-refractivity contribution < 1.29 is 9.90 Å². The second-order valence-corrected chi connectivity index (χ2v) is 4.57. The van der Waals surface area contributed by atoms with Crippen molar-refractivity contribution in [1.82, 2.24) is 9.55 Å². The van der Waals surface area contributed by atoms with Crippen LogP contribution in [-0.2, 0) is 0 Å². The maximum absolute atomic E-state index is 11.3. The lowest BCUT2D eigenvalue weighted by Gasteiger charge is -2.09. The molecule has 0 amide bonds. The van der Waals surface area contributed by atoms with Crippen molar-refractivity contribution in [3.8, 4) is 5.69 Å². The Morgan fingerprint density at radius 1 is 1.33 bits per heavy atom. The first-order chi connectivity index (χ1) is 8.41. The summed E-state index contributed by atoms with van der Waals surface area (Å²) in [5.41, 5.74) is 2.33. The topological polar surface area (TPSA) is 55.1 Å². The number of aromatic nitrogens is 2. The third kappa shape index (κ3) is 1.99. The summed E-state index contributed by atoms with van der Waals surface area (Å²) in [5, 5.41) is 9.86. The van der Waals surface area contributed by atoms with E-state index in [0.717, 1.165) is 5.56 Å². The number of aromatic carboxylic acids is 1. The van der Waals surface area contributed by atoms with Gasteiger partial charge in [-0.25, -0.2) is 9.78 Å². The second-order valence-electron chi connectivity index (χ2n) is 4.17. The molecule has 18 heavy (non-hydrogen) atoms. The molecule has 4 nitrogen and oxygen atoms in total. The van der Waals surface area contributed by atoms with Crippen LogP contribution in [0.3, 0.4) is 0 Å². The van der Waals surface area contributed by atoms with Crippen LogP contribution >= 0.6 is 11.6 Å². The molecule has 2 aromatic rings. The molecule has 1 aromatic heterocycles. The van der Waals surface area contributed by atoms with Crippen molar-refractivity contribution in [1.29, 1.82) is 0 Å². The number of carboxylic acids is 1. The Morgan fingerprint density at radius 3 is 2.56 bits per heavy atom. The van der Waals surface area contributed by atoms with Gasteiger partial charge < -0.3 is 5.11 Å². The number of carboxylic acid groups (broad SMARTS) is 1. The molecule has 1 heterocycles. The fourth-order valence-corrected chi connectivity index (χ4v) is 2.13. The number of rotatable bonds is 2. The minimum atomic E-state index is -0.996. The van der Waals surface area contributed by atoms with Gasteiger partial charge in [0.15, 0.2) is 5.69 Å². The molecule has 0 bridgehead atoms. The summed E-state index contributed by atoms with van der Waals surface area (Å²) in [7, 11) is 0. The van der Waals surface area contributed by atoms with Crippen molar-refractivity contribution >= 4 is 17.6 Å². The van der Waals surface area contributed by atoms with Crippen molar-refractivity contribution in [3.05, 3.63) is 46.0 Å². The number of carbonyl (C=O) groups is 1. The van der Waals surface area contributed by atoms with Crippen LogP contribution in [0.4, 0.5) is 0 Å². The molecule has 1 aromatic carbocycles. The fraction of sp³-hybridized carbons (Fsp3) is 0.231. The third-order valence-corrected chi connectivity index (χ3v) is 3.24. The Labute approximate surface area is 110 Å². The fourth-order valence-electron chi connectivity index (χ4n) is 1.96. The first-order valence-electron chi connectivity index (χ1n) is 5.47. The monoisotopic (exact) mass is 264 g/mol. The zero-order chi connectivity index (χ0) is 13.4. The molecule has 0 spiro atoms. The van der Waals surface area contributed by atoms with E-state index in [2.05, 4.69) is 4.98 Å². The lowest BCUT2D eigenvalue weighted by atomic mass is 10.2. The van der Waals surface area contributed by atoms with Gasteiger partial charge in [0.1, 0.15) is 5.82 Å². The standard InChI is InChI=1S/C13H13ClN2O2/c1-7-4-5-10(6-11(7)14)16-9(3)15-8(2)12(16)13(17)18/h4-6H,1-3H3,(H,17,18). The first kappa shape index (κ1) is 12.6. The van der Waals surface area contributed by atoms with E-state index < -0.39 is 5.97 Å². The predicted molar refractivity (Wildman–Crippen MR) is 69.7 cm³/mol. The summed E-state index contributed by atoms with van der Waals surface area (Å²) in [6, 6.07) is 5.44. The highest BCUT2D eigenvalue weighted by Gasteiger charge is 2.19. The number of nitrogens with zero attached hydrogens (tertiary/aromatic N) is 2. The van der Waals surface area contributed by atoms with E-state index in [1.165, 1.54) is 0 Å². The quantitative estimate of drug-likeness (QED) is 0.907. The molecule has 0 fully saturated rings. The van der Waals surface area contributed by atoms with Crippen LogP contribution in [-0.4, -0.2) is 20.6 Å². The van der Waals surface area contributed by atoms with Gasteiger partial charge in [0.25, 0.3) is 0 Å². The van der Waals surface area contributed by atoms with Gasteiger partial charge in [-0.1, -0.05) is 17.7 Å². The van der Waals surface area contributed by atoms with E-state index in [-0.39, 0.29) is 5.69 Å². The van der Waals surface area contributed by atoms with Gasteiger partial charge in [0, 0.05) is 10.7 Å². The van der Waals surface area contributed by atoms with Crippen molar-refractivity contribution in [3.63, 3.8) is 0 Å². The van der Waals surface area contributed by atoms with Crippen LogP contribution in [0.15, 0.2) is 18.2 Å². The van der Waals surface area contributed by atoms with E-state index >= 15 is 0 Å². The molecular weight excluding hydrogens is 252 g/mol. The average Bonchev–Trinajstić information content (AvgIpc) is 2.57. The summed E-state index contributed by atoms with van der Waals surface area (Å²) in [4.78, 5) is 15.5. The Kier molecular flexibility index (Phi) is 3.13. The number of benzene rings is 1. The first-order valence-corrected chi connectivity index (χ1v) is 5.85. The van der Waals surface area contributed by atoms with Crippen LogP contribution in [0.2, 0.25) is 5.02 Å². The largest absolute Gasteiger partial charge is 0.477 e. The minimum absolute atomic E-state index is 0.174. The van der Waals surface area contributed by atoms with Crippen LogP contribution < -0.4 is 0 Å². The molecule has 5 heteroatoms. The predicted octanol–water partition coefficient (Wildman–Crippen LogP) is 3.15. The van der Waals surface area contributed by atoms with Gasteiger partial charge in [-0.3, -0.25) is 4.57 Å². The lowest BCUT2D eigenvalue weighted by Crippen LogP contribution is -2.09. The smallest absolute Gasteiger partial charge is 0.354 e. The zero-order valence-electron chi connectivity index (χ0n) is 10.4. The normalized spacial score (nSPS) is 10.7. The summed E-state index contributed by atoms with van der Waals surface area (Å²) < 4.78 is 1.60. The molecule has 0 unspecified atom stereocenters. The highest BCUT2D eigenvalue weighted by Crippen LogP contribution is 2.23. The number of imidazole rings is 1. The summed E-state index contributed by atoms with van der Waals surface area (Å²) in [6.07, 6.45) is 0. The Hall–Kier alpha value is -1.81. The molecule has 0 aliphatic heterocycles. The van der Waals surface area contributed by atoms with Crippen LogP contribution in [0.5, 0.6) is 0 Å². The highest BCUT2D eigenvalue weighted by molar-refractivity contribution is 6.31. The van der Waals surface area contributed by atoms with E-state index in [1.807, 2.05) is 19.1 Å². The summed E-state index contributed by atoms with van der Waals surface area (Å²) >= 11 is 6.07. The van der Waals surface area contributed by atoms with Gasteiger partial charge in [-0.2, -0.15) is 0 Å². The molecule has 0 aliphatic rings. The van der Waals surface area contributed by atoms with Crippen LogP contribution in [0.1, 0.15) is 27.6 Å². The molecule has 94 valence electrons. The Balaban J connectivity index is 2.70. The molecule has 2 rings (SSSR count). The number of hydrogen-bond donors (Lipinski definition) is 1. The molecule has 0 radical (unpaired) electrons. The van der Waals surface area contributed by atoms with Gasteiger partial charge >= 0.3 is 5.97 Å². The summed E-state index contributed by atoms with van der Waals surface area (Å²) in [5.74, 6) is -0.366. The van der Waals surface area contributed by atoms with Crippen molar-refractivity contribution in [2.24, 2.45) is 0 Å². The van der Waals surface area contributed by atoms with Gasteiger partial charge in [0.2, 0.25) is 0 Å². The van der Waals surface area contributed by atoms with E-state index in [4.69, 9.17) is 11.6 Å². The molecule has 0 atom stereocenters. The SMILES string of the molecule is Cc1ccc(-n2c(C)nc(C)c2C(=O)O)cc1Cl. The maximum Gasteiger partial charge on any atom is 0.354 e. The van der Waals surface area contributed by atoms with E-state index in [0.29, 0.717) is 22.2 Å². The molecule has 0 saturated heterocycles. The summed E-state index contributed by atoms with van der Waals surface area (Å²) in [6.45, 7) is 5.35. The molecule has 0 saturated carbocycles. The minimum Gasteiger partial charge on any atom is -0.477 e. The molecule has 0 aliphatic carbocycles. The van der Waals surface area contributed by atoms with Gasteiger partial charge in [-0.05, 0) is 38.5 Å². The Morgan fingerprint density at radius 2 is 2.00 bits per heavy atom. The number of hydrogen-bond acceptors (Lipinski definition) is 2. The number of aryl methyl sites for hydroxylation is 3. The van der Waals surface area contributed by atoms with E-state index in [9.17, 15) is 9.90 Å². The van der Waals surface area contributed by atoms with Crippen LogP contribution in [0.25, 0.3) is 5.69 Å². The van der Waals surface area contributed by atoms with Gasteiger partial charge in [-0.15, -0.1) is 0 Å². The highest BCUT2D eigenvalue weighted by atomic mass is 35.5. The zero-order valence-corrected chi connectivity index (χ0v) is 11.1. The third-order valence-electron chi connectivity index (χ3n) is 2.84. The lowest BCUT2D eigenvalue weighted by molar-refractivity contribution is 0.0687. The van der Waals surface area contributed by atoms with Crippen molar-refractivity contribution in [2.45, 2.75) is 20.8 Å². The average molecular weight is 265 g/mol. The van der Waals surface area contributed by atoms with Crippen LogP contribution in [0, 0.1) is 20.8 Å². The maximum atomic E-state index is 11.3. The Bertz CT molecular complexity index is 632. The molecule has 1 N–H and O–H groups in total. The van der Waals surface area contributed by atoms with Gasteiger partial charge in [0.05, 0.1) is 5.69 Å².